The van der Waals surface area contributed by atoms with Gasteiger partial charge in [0.05, 0.1) is 12.9 Å². The molecule has 0 rings (SSSR count). The fourth-order valence-corrected chi connectivity index (χ4v) is 2.44. The molecule has 0 saturated carbocycles. The Morgan fingerprint density at radius 3 is 1.52 bits per heavy atom. The van der Waals surface area contributed by atoms with Crippen molar-refractivity contribution in [3.8, 4) is 0 Å². The first kappa shape index (κ1) is 20.5. The summed E-state index contributed by atoms with van der Waals surface area (Å²) in [7, 11) is 0. The maximum atomic E-state index is 5.69. The summed E-state index contributed by atoms with van der Waals surface area (Å²) in [5.41, 5.74) is 0. The van der Waals surface area contributed by atoms with Gasteiger partial charge in [-0.05, 0) is 19.3 Å². The molecule has 0 saturated heterocycles. The van der Waals surface area contributed by atoms with Crippen molar-refractivity contribution in [2.45, 2.75) is 90.4 Å². The van der Waals surface area contributed by atoms with Crippen LogP contribution in [0.5, 0.6) is 0 Å². The molecule has 0 unspecified atom stereocenters. The van der Waals surface area contributed by atoms with Gasteiger partial charge in [0.2, 0.25) is 0 Å². The molecule has 2 nitrogen and oxygen atoms in total. The molecule has 0 bridgehead atoms. The second-order valence-electron chi connectivity index (χ2n) is 5.89. The molecule has 0 N–H and O–H groups in total. The van der Waals surface area contributed by atoms with Crippen LogP contribution >= 0.6 is 0 Å². The van der Waals surface area contributed by atoms with E-state index in [1.54, 1.807) is 0 Å². The van der Waals surface area contributed by atoms with Crippen LogP contribution in [0.15, 0.2) is 12.8 Å². The van der Waals surface area contributed by atoms with Crippen molar-refractivity contribution >= 4 is 0 Å². The lowest BCUT2D eigenvalue weighted by molar-refractivity contribution is 0.125. The zero-order chi connectivity index (χ0) is 15.4. The number of hydrogen-bond acceptors (Lipinski definition) is 2. The third-order valence-corrected chi connectivity index (χ3v) is 3.81. The standard InChI is InChI=1S/C19H38O2/c1-3-5-6-7-8-12-15-18-21-19-16-13-10-9-11-14-17-20-4-2/h4H,2-3,5-19H2,1H3. The zero-order valence-corrected chi connectivity index (χ0v) is 14.4. The van der Waals surface area contributed by atoms with Crippen LogP contribution in [0.1, 0.15) is 90.4 Å². The van der Waals surface area contributed by atoms with Crippen LogP contribution in [0.2, 0.25) is 0 Å². The topological polar surface area (TPSA) is 18.5 Å². The van der Waals surface area contributed by atoms with E-state index >= 15 is 0 Å². The highest BCUT2D eigenvalue weighted by Crippen LogP contribution is 2.08. The van der Waals surface area contributed by atoms with E-state index in [1.807, 2.05) is 0 Å². The molecule has 0 aliphatic heterocycles. The van der Waals surface area contributed by atoms with E-state index in [0.29, 0.717) is 0 Å². The fourth-order valence-electron chi connectivity index (χ4n) is 2.44. The molecule has 0 aromatic carbocycles. The average molecular weight is 299 g/mol. The van der Waals surface area contributed by atoms with E-state index in [4.69, 9.17) is 9.47 Å². The van der Waals surface area contributed by atoms with Gasteiger partial charge in [-0.3, -0.25) is 0 Å². The summed E-state index contributed by atoms with van der Waals surface area (Å²) in [6.45, 7) is 8.55. The summed E-state index contributed by atoms with van der Waals surface area (Å²) >= 11 is 0. The monoisotopic (exact) mass is 298 g/mol. The van der Waals surface area contributed by atoms with Gasteiger partial charge in [-0.15, -0.1) is 0 Å². The first-order valence-corrected chi connectivity index (χ1v) is 9.22. The first-order chi connectivity index (χ1) is 10.4. The molecule has 0 atom stereocenters. The van der Waals surface area contributed by atoms with Crippen LogP contribution in [0.4, 0.5) is 0 Å². The molecule has 0 fully saturated rings. The smallest absolute Gasteiger partial charge is 0.0873 e. The highest BCUT2D eigenvalue weighted by Gasteiger charge is 1.94. The number of hydrogen-bond donors (Lipinski definition) is 0. The summed E-state index contributed by atoms with van der Waals surface area (Å²) in [5, 5.41) is 0. The fraction of sp³-hybridized carbons (Fsp3) is 0.895. The lowest BCUT2D eigenvalue weighted by Gasteiger charge is -2.05. The maximum Gasteiger partial charge on any atom is 0.0873 e. The first-order valence-electron chi connectivity index (χ1n) is 9.22. The molecule has 21 heavy (non-hydrogen) atoms. The molecule has 0 amide bonds. The van der Waals surface area contributed by atoms with Crippen LogP contribution in [0.25, 0.3) is 0 Å². The van der Waals surface area contributed by atoms with Crippen molar-refractivity contribution < 1.29 is 9.47 Å². The van der Waals surface area contributed by atoms with Crippen molar-refractivity contribution in [2.75, 3.05) is 19.8 Å². The second-order valence-corrected chi connectivity index (χ2v) is 5.89. The van der Waals surface area contributed by atoms with Gasteiger partial charge in [0, 0.05) is 13.2 Å². The largest absolute Gasteiger partial charge is 0.502 e. The summed E-state index contributed by atoms with van der Waals surface area (Å²) < 4.78 is 10.8. The third-order valence-electron chi connectivity index (χ3n) is 3.81. The van der Waals surface area contributed by atoms with Gasteiger partial charge in [-0.1, -0.05) is 77.7 Å². The molecule has 0 radical (unpaired) electrons. The average Bonchev–Trinajstić information content (AvgIpc) is 2.50. The highest BCUT2D eigenvalue weighted by molar-refractivity contribution is 4.50. The van der Waals surface area contributed by atoms with Gasteiger partial charge in [0.15, 0.2) is 0 Å². The predicted molar refractivity (Wildman–Crippen MR) is 92.7 cm³/mol. The van der Waals surface area contributed by atoms with Crippen LogP contribution in [0, 0.1) is 0 Å². The Bertz CT molecular complexity index is 192. The highest BCUT2D eigenvalue weighted by atomic mass is 16.5. The Labute approximate surface area is 133 Å². The van der Waals surface area contributed by atoms with E-state index in [9.17, 15) is 0 Å². The Hall–Kier alpha value is -0.500. The molecular formula is C19H38O2. The molecule has 0 aliphatic carbocycles. The van der Waals surface area contributed by atoms with Crippen LogP contribution in [-0.2, 0) is 9.47 Å². The summed E-state index contributed by atoms with van der Waals surface area (Å²) in [4.78, 5) is 0. The quantitative estimate of drug-likeness (QED) is 0.220. The lowest BCUT2D eigenvalue weighted by Crippen LogP contribution is -1.97. The Morgan fingerprint density at radius 2 is 1.05 bits per heavy atom. The summed E-state index contributed by atoms with van der Waals surface area (Å²) in [5.74, 6) is 0. The summed E-state index contributed by atoms with van der Waals surface area (Å²) in [6.07, 6.45) is 18.7. The van der Waals surface area contributed by atoms with E-state index in [1.165, 1.54) is 83.3 Å². The molecule has 0 aliphatic rings. The molecule has 126 valence electrons. The lowest BCUT2D eigenvalue weighted by atomic mass is 10.1. The van der Waals surface area contributed by atoms with Crippen molar-refractivity contribution in [1.82, 2.24) is 0 Å². The Kier molecular flexibility index (Phi) is 19.0. The molecule has 2 heteroatoms. The van der Waals surface area contributed by atoms with Gasteiger partial charge in [0.1, 0.15) is 0 Å². The van der Waals surface area contributed by atoms with Crippen molar-refractivity contribution in [3.63, 3.8) is 0 Å². The predicted octanol–water partition coefficient (Wildman–Crippen LogP) is 6.25. The van der Waals surface area contributed by atoms with Crippen molar-refractivity contribution in [3.05, 3.63) is 12.8 Å². The molecule has 0 spiro atoms. The van der Waals surface area contributed by atoms with Crippen molar-refractivity contribution in [2.24, 2.45) is 0 Å². The number of unbranched alkanes of at least 4 members (excludes halogenated alkanes) is 11. The molecule has 0 aromatic rings. The second kappa shape index (κ2) is 19.5. The summed E-state index contributed by atoms with van der Waals surface area (Å²) in [6, 6.07) is 0. The minimum Gasteiger partial charge on any atom is -0.502 e. The number of rotatable bonds is 18. The van der Waals surface area contributed by atoms with Gasteiger partial charge in [-0.25, -0.2) is 0 Å². The van der Waals surface area contributed by atoms with E-state index in [0.717, 1.165) is 26.2 Å². The maximum absolute atomic E-state index is 5.69. The van der Waals surface area contributed by atoms with E-state index in [2.05, 4.69) is 13.5 Å². The normalized spacial score (nSPS) is 10.7. The minimum absolute atomic E-state index is 0.824. The molecule has 0 aromatic heterocycles. The Balaban J connectivity index is 2.91. The van der Waals surface area contributed by atoms with Crippen molar-refractivity contribution in [1.29, 1.82) is 0 Å². The number of ether oxygens (including phenoxy) is 2. The molecule has 0 heterocycles. The van der Waals surface area contributed by atoms with Crippen LogP contribution in [-0.4, -0.2) is 19.8 Å². The van der Waals surface area contributed by atoms with Gasteiger partial charge in [-0.2, -0.15) is 0 Å². The molecular weight excluding hydrogens is 260 g/mol. The van der Waals surface area contributed by atoms with Gasteiger partial charge < -0.3 is 9.47 Å². The Morgan fingerprint density at radius 1 is 0.619 bits per heavy atom. The minimum atomic E-state index is 0.824. The third kappa shape index (κ3) is 19.5. The SMILES string of the molecule is C=COCCCCCCCCOCCCCCCCCC. The zero-order valence-electron chi connectivity index (χ0n) is 14.4. The van der Waals surface area contributed by atoms with Crippen LogP contribution < -0.4 is 0 Å². The van der Waals surface area contributed by atoms with E-state index in [-0.39, 0.29) is 0 Å². The van der Waals surface area contributed by atoms with E-state index < -0.39 is 0 Å². The van der Waals surface area contributed by atoms with Crippen LogP contribution in [0.3, 0.4) is 0 Å². The van der Waals surface area contributed by atoms with Gasteiger partial charge in [0.25, 0.3) is 0 Å². The van der Waals surface area contributed by atoms with Gasteiger partial charge >= 0.3 is 0 Å².